The number of ether oxygens (including phenoxy) is 2. The lowest BCUT2D eigenvalue weighted by Gasteiger charge is -2.28. The Kier molecular flexibility index (Phi) is 41.5. The van der Waals surface area contributed by atoms with Crippen LogP contribution < -0.4 is 4.89 Å². The number of carbonyl (C=O) groups excluding carboxylic acids is 1. The summed E-state index contributed by atoms with van der Waals surface area (Å²) in [5, 5.41) is 0. The van der Waals surface area contributed by atoms with Crippen LogP contribution in [0.3, 0.4) is 0 Å². The Morgan fingerprint density at radius 3 is 1.48 bits per heavy atom. The van der Waals surface area contributed by atoms with Crippen molar-refractivity contribution in [3.05, 3.63) is 36.5 Å². The van der Waals surface area contributed by atoms with Crippen molar-refractivity contribution < 1.29 is 37.3 Å². The van der Waals surface area contributed by atoms with Crippen LogP contribution in [-0.4, -0.2) is 70.7 Å². The number of carbonyl (C=O) groups is 1. The van der Waals surface area contributed by atoms with Crippen LogP contribution in [0.25, 0.3) is 0 Å². The van der Waals surface area contributed by atoms with Gasteiger partial charge in [-0.25, -0.2) is 0 Å². The van der Waals surface area contributed by atoms with Gasteiger partial charge in [0, 0.05) is 13.0 Å². The van der Waals surface area contributed by atoms with Crippen molar-refractivity contribution in [2.45, 2.75) is 219 Å². The van der Waals surface area contributed by atoms with Gasteiger partial charge in [-0.3, -0.25) is 9.36 Å². The molecule has 0 aromatic rings. The number of nitrogens with zero attached hydrogens (tertiary/aromatic N) is 1. The smallest absolute Gasteiger partial charge is 0.306 e. The highest BCUT2D eigenvalue weighted by atomic mass is 31.2. The number of rotatable bonds is 45. The SMILES string of the molecule is CCC/C=C\CCCCCCCC(=O)OC(COCCCCCCCCCCCCCCCC/C=C\C/C=C\CCCCCCC)COP(=O)([O-])OCC[N+](C)(C)C. The van der Waals surface area contributed by atoms with Crippen molar-refractivity contribution >= 4 is 13.8 Å². The fraction of sp³-hybridized carbons (Fsp3) is 0.857. The van der Waals surface area contributed by atoms with Gasteiger partial charge in [0.2, 0.25) is 0 Å². The Hall–Kier alpha value is -1.28. The molecule has 0 amide bonds. The fourth-order valence-corrected chi connectivity index (χ4v) is 7.37. The van der Waals surface area contributed by atoms with E-state index in [0.717, 1.165) is 57.8 Å². The van der Waals surface area contributed by atoms with Crippen molar-refractivity contribution in [3.8, 4) is 0 Å². The van der Waals surface area contributed by atoms with E-state index in [1.54, 1.807) is 0 Å². The zero-order valence-electron chi connectivity index (χ0n) is 38.7. The summed E-state index contributed by atoms with van der Waals surface area (Å²) < 4.78 is 34.6. The van der Waals surface area contributed by atoms with Gasteiger partial charge in [0.05, 0.1) is 34.4 Å². The first-order valence-electron chi connectivity index (χ1n) is 24.2. The number of likely N-dealkylation sites (N-methyl/N-ethyl adjacent to an activating group) is 1. The molecule has 0 heterocycles. The van der Waals surface area contributed by atoms with Crippen molar-refractivity contribution in [2.24, 2.45) is 0 Å². The zero-order chi connectivity index (χ0) is 42.7. The zero-order valence-corrected chi connectivity index (χ0v) is 39.6. The minimum absolute atomic E-state index is 0.0249. The minimum Gasteiger partial charge on any atom is -0.756 e. The number of hydrogen-bond acceptors (Lipinski definition) is 7. The Balaban J connectivity index is 4.00. The van der Waals surface area contributed by atoms with Gasteiger partial charge in [-0.2, -0.15) is 0 Å². The normalized spacial score (nSPS) is 14.0. The molecule has 0 aromatic carbocycles. The van der Waals surface area contributed by atoms with Crippen LogP contribution in [0, 0.1) is 0 Å². The number of esters is 1. The molecule has 0 aliphatic carbocycles. The minimum atomic E-state index is -4.52. The standard InChI is InChI=1S/C49H94NO7P/c1-6-8-10-12-14-16-18-19-20-21-22-23-24-25-26-27-28-29-30-31-32-33-35-37-39-41-44-54-46-48(47-56-58(52,53)55-45-43-50(3,4)5)57-49(51)42-40-38-36-34-17-15-13-11-9-7-2/h11,13,18-19,21-22,48H,6-10,12,14-17,20,23-47H2,1-5H3/b13-11-,19-18-,22-21-. The molecule has 0 radical (unpaired) electrons. The molecule has 2 unspecified atom stereocenters. The predicted molar refractivity (Wildman–Crippen MR) is 245 cm³/mol. The first-order valence-corrected chi connectivity index (χ1v) is 25.7. The van der Waals surface area contributed by atoms with Crippen LogP contribution in [-0.2, 0) is 27.9 Å². The van der Waals surface area contributed by atoms with E-state index in [-0.39, 0.29) is 25.8 Å². The molecule has 2 atom stereocenters. The van der Waals surface area contributed by atoms with Crippen LogP contribution >= 0.6 is 7.82 Å². The Morgan fingerprint density at radius 2 is 0.983 bits per heavy atom. The van der Waals surface area contributed by atoms with Crippen LogP contribution in [0.15, 0.2) is 36.5 Å². The van der Waals surface area contributed by atoms with Crippen molar-refractivity contribution in [3.63, 3.8) is 0 Å². The number of phosphoric ester groups is 1. The second-order valence-electron chi connectivity index (χ2n) is 17.5. The summed E-state index contributed by atoms with van der Waals surface area (Å²) in [6, 6.07) is 0. The molecule has 58 heavy (non-hydrogen) atoms. The third-order valence-corrected chi connectivity index (χ3v) is 11.4. The van der Waals surface area contributed by atoms with E-state index >= 15 is 0 Å². The van der Waals surface area contributed by atoms with Gasteiger partial charge in [0.1, 0.15) is 19.3 Å². The maximum Gasteiger partial charge on any atom is 0.306 e. The first kappa shape index (κ1) is 56.7. The van der Waals surface area contributed by atoms with E-state index < -0.39 is 13.9 Å². The molecule has 342 valence electrons. The number of unbranched alkanes of at least 4 members (excludes halogenated alkanes) is 25. The molecule has 8 nitrogen and oxygen atoms in total. The van der Waals surface area contributed by atoms with Crippen molar-refractivity contribution in [1.82, 2.24) is 0 Å². The average Bonchev–Trinajstić information content (AvgIpc) is 3.18. The predicted octanol–water partition coefficient (Wildman–Crippen LogP) is 13.9. The molecular formula is C49H94NO7P. The maximum absolute atomic E-state index is 12.6. The van der Waals surface area contributed by atoms with E-state index in [1.807, 2.05) is 21.1 Å². The molecular weight excluding hydrogens is 746 g/mol. The number of quaternary nitrogens is 1. The summed E-state index contributed by atoms with van der Waals surface area (Å²) in [4.78, 5) is 25.0. The molecule has 0 rings (SSSR count). The summed E-state index contributed by atoms with van der Waals surface area (Å²) >= 11 is 0. The first-order chi connectivity index (χ1) is 28.1. The second kappa shape index (κ2) is 42.4. The van der Waals surface area contributed by atoms with E-state index in [4.69, 9.17) is 18.5 Å². The van der Waals surface area contributed by atoms with E-state index in [2.05, 4.69) is 50.3 Å². The monoisotopic (exact) mass is 840 g/mol. The molecule has 0 aliphatic heterocycles. The maximum atomic E-state index is 12.6. The lowest BCUT2D eigenvalue weighted by atomic mass is 10.0. The Morgan fingerprint density at radius 1 is 0.534 bits per heavy atom. The highest BCUT2D eigenvalue weighted by molar-refractivity contribution is 7.45. The number of hydrogen-bond donors (Lipinski definition) is 0. The lowest BCUT2D eigenvalue weighted by Crippen LogP contribution is -2.37. The van der Waals surface area contributed by atoms with Crippen LogP contribution in [0.2, 0.25) is 0 Å². The van der Waals surface area contributed by atoms with Gasteiger partial charge >= 0.3 is 5.97 Å². The topological polar surface area (TPSA) is 94.1 Å². The molecule has 0 aliphatic rings. The van der Waals surface area contributed by atoms with Crippen LogP contribution in [0.4, 0.5) is 0 Å². The van der Waals surface area contributed by atoms with Crippen LogP contribution in [0.5, 0.6) is 0 Å². The number of phosphoric acid groups is 1. The van der Waals surface area contributed by atoms with Gasteiger partial charge in [0.25, 0.3) is 7.82 Å². The molecule has 0 bridgehead atoms. The van der Waals surface area contributed by atoms with Crippen molar-refractivity contribution in [2.75, 3.05) is 54.1 Å². The molecule has 0 N–H and O–H groups in total. The average molecular weight is 840 g/mol. The van der Waals surface area contributed by atoms with Crippen LogP contribution in [0.1, 0.15) is 213 Å². The molecule has 9 heteroatoms. The fourth-order valence-electron chi connectivity index (χ4n) is 6.64. The van der Waals surface area contributed by atoms with Gasteiger partial charge in [-0.05, 0) is 64.2 Å². The molecule has 0 spiro atoms. The van der Waals surface area contributed by atoms with Gasteiger partial charge in [0.15, 0.2) is 0 Å². The second-order valence-corrected chi connectivity index (χ2v) is 18.9. The van der Waals surface area contributed by atoms with E-state index in [1.165, 1.54) is 135 Å². The molecule has 0 saturated heterocycles. The Labute approximate surface area is 359 Å². The third-order valence-electron chi connectivity index (χ3n) is 10.4. The number of allylic oxidation sites excluding steroid dienone is 6. The van der Waals surface area contributed by atoms with Gasteiger partial charge in [-0.1, -0.05) is 179 Å². The molecule has 0 saturated carbocycles. The highest BCUT2D eigenvalue weighted by Gasteiger charge is 2.20. The summed E-state index contributed by atoms with van der Waals surface area (Å²) in [6.07, 6.45) is 50.4. The summed E-state index contributed by atoms with van der Waals surface area (Å²) in [5.74, 6) is -0.345. The van der Waals surface area contributed by atoms with E-state index in [0.29, 0.717) is 24.1 Å². The largest absolute Gasteiger partial charge is 0.756 e. The lowest BCUT2D eigenvalue weighted by molar-refractivity contribution is -0.870. The van der Waals surface area contributed by atoms with E-state index in [9.17, 15) is 14.3 Å². The third kappa shape index (κ3) is 45.8. The molecule has 0 aromatic heterocycles. The quantitative estimate of drug-likeness (QED) is 0.0198. The molecule has 0 fully saturated rings. The Bertz CT molecular complexity index is 1020. The summed E-state index contributed by atoms with van der Waals surface area (Å²) in [7, 11) is 1.35. The van der Waals surface area contributed by atoms with Gasteiger partial charge < -0.3 is 27.9 Å². The summed E-state index contributed by atoms with van der Waals surface area (Å²) in [5.41, 5.74) is 0. The summed E-state index contributed by atoms with van der Waals surface area (Å²) in [6.45, 7) is 5.34. The van der Waals surface area contributed by atoms with Crippen molar-refractivity contribution in [1.29, 1.82) is 0 Å². The van der Waals surface area contributed by atoms with Gasteiger partial charge in [-0.15, -0.1) is 0 Å². The highest BCUT2D eigenvalue weighted by Crippen LogP contribution is 2.38.